The van der Waals surface area contributed by atoms with Gasteiger partial charge in [-0.2, -0.15) is 0 Å². The predicted molar refractivity (Wildman–Crippen MR) is 67.1 cm³/mol. The van der Waals surface area contributed by atoms with Crippen molar-refractivity contribution in [3.8, 4) is 0 Å². The molecule has 0 radical (unpaired) electrons. The molecule has 1 fully saturated rings. The topological polar surface area (TPSA) is 78.5 Å². The maximum Gasteiger partial charge on any atom is 0.242 e. The first-order chi connectivity index (χ1) is 8.47. The van der Waals surface area contributed by atoms with Crippen LogP contribution >= 0.6 is 11.6 Å². The maximum absolute atomic E-state index is 11.9. The average Bonchev–Trinajstić information content (AvgIpc) is 2.83. The Kier molecular flexibility index (Phi) is 5.40. The number of hydrogen-bond donors (Lipinski definition) is 2. The van der Waals surface area contributed by atoms with Crippen molar-refractivity contribution < 1.29 is 14.4 Å². The molecule has 0 bridgehead atoms. The van der Waals surface area contributed by atoms with Crippen LogP contribution in [-0.2, 0) is 14.4 Å². The van der Waals surface area contributed by atoms with Crippen molar-refractivity contribution in [3.05, 3.63) is 0 Å². The van der Waals surface area contributed by atoms with E-state index in [2.05, 4.69) is 10.6 Å². The Hall–Kier alpha value is -1.30. The zero-order chi connectivity index (χ0) is 13.7. The number of carbonyl (C=O) groups excluding carboxylic acids is 3. The van der Waals surface area contributed by atoms with Crippen molar-refractivity contribution in [2.24, 2.45) is 0 Å². The molecule has 7 heteroatoms. The lowest BCUT2D eigenvalue weighted by molar-refractivity contribution is -0.138. The monoisotopic (exact) mass is 275 g/mol. The minimum absolute atomic E-state index is 0.122. The van der Waals surface area contributed by atoms with Gasteiger partial charge < -0.3 is 15.5 Å². The van der Waals surface area contributed by atoms with E-state index in [0.717, 1.165) is 6.42 Å². The normalized spacial score (nSPS) is 20.4. The van der Waals surface area contributed by atoms with Gasteiger partial charge in [-0.15, -0.1) is 11.6 Å². The minimum Gasteiger partial charge on any atom is -0.357 e. The van der Waals surface area contributed by atoms with Crippen LogP contribution in [0.3, 0.4) is 0 Å². The van der Waals surface area contributed by atoms with Crippen LogP contribution in [0.2, 0.25) is 0 Å². The van der Waals surface area contributed by atoms with Gasteiger partial charge in [0.2, 0.25) is 17.7 Å². The molecule has 6 nitrogen and oxygen atoms in total. The number of likely N-dealkylation sites (N-methyl/N-ethyl adjacent to an activating group) is 1. The number of halogens is 1. The third-order valence-electron chi connectivity index (χ3n) is 2.90. The molecule has 0 aromatic heterocycles. The summed E-state index contributed by atoms with van der Waals surface area (Å²) in [6.45, 7) is 1.96. The van der Waals surface area contributed by atoms with Crippen molar-refractivity contribution in [1.29, 1.82) is 0 Å². The van der Waals surface area contributed by atoms with E-state index in [0.29, 0.717) is 13.0 Å². The molecule has 0 aromatic rings. The molecule has 1 saturated heterocycles. The number of nitrogens with one attached hydrogen (secondary N) is 2. The lowest BCUT2D eigenvalue weighted by Crippen LogP contribution is -2.48. The highest BCUT2D eigenvalue weighted by molar-refractivity contribution is 6.30. The number of likely N-dealkylation sites (tertiary alicyclic amines) is 1. The smallest absolute Gasteiger partial charge is 0.242 e. The Morgan fingerprint density at radius 1 is 1.44 bits per heavy atom. The van der Waals surface area contributed by atoms with Gasteiger partial charge in [0.1, 0.15) is 11.4 Å². The number of amides is 3. The molecule has 2 N–H and O–H groups in total. The number of nitrogens with zero attached hydrogens (tertiary/aromatic N) is 1. The van der Waals surface area contributed by atoms with Gasteiger partial charge in [-0.05, 0) is 19.8 Å². The summed E-state index contributed by atoms with van der Waals surface area (Å²) in [6.07, 6.45) is 1.45. The van der Waals surface area contributed by atoms with Gasteiger partial charge in [0.05, 0.1) is 6.54 Å². The van der Waals surface area contributed by atoms with Gasteiger partial charge in [-0.25, -0.2) is 0 Å². The van der Waals surface area contributed by atoms with Gasteiger partial charge in [0, 0.05) is 13.6 Å². The quantitative estimate of drug-likeness (QED) is 0.677. The molecule has 2 unspecified atom stereocenters. The molecule has 1 rings (SSSR count). The van der Waals surface area contributed by atoms with Crippen LogP contribution in [0.25, 0.3) is 0 Å². The first kappa shape index (κ1) is 14.8. The molecule has 3 amide bonds. The molecular weight excluding hydrogens is 258 g/mol. The van der Waals surface area contributed by atoms with E-state index in [1.807, 2.05) is 0 Å². The van der Waals surface area contributed by atoms with E-state index in [1.165, 1.54) is 11.8 Å². The molecule has 0 aromatic carbocycles. The second-order valence-electron chi connectivity index (χ2n) is 4.19. The van der Waals surface area contributed by atoms with Crippen molar-refractivity contribution in [1.82, 2.24) is 15.5 Å². The van der Waals surface area contributed by atoms with Crippen LogP contribution < -0.4 is 10.6 Å². The molecule has 18 heavy (non-hydrogen) atoms. The summed E-state index contributed by atoms with van der Waals surface area (Å²) in [5.41, 5.74) is 0. The van der Waals surface area contributed by atoms with Crippen LogP contribution in [0.15, 0.2) is 0 Å². The van der Waals surface area contributed by atoms with Crippen LogP contribution in [0, 0.1) is 0 Å². The van der Waals surface area contributed by atoms with E-state index < -0.39 is 11.4 Å². The van der Waals surface area contributed by atoms with Crippen LogP contribution in [0.4, 0.5) is 0 Å². The van der Waals surface area contributed by atoms with Crippen LogP contribution in [0.1, 0.15) is 19.8 Å². The van der Waals surface area contributed by atoms with E-state index in [1.54, 1.807) is 7.05 Å². The van der Waals surface area contributed by atoms with Crippen molar-refractivity contribution in [2.45, 2.75) is 31.2 Å². The Labute approximate surface area is 111 Å². The van der Waals surface area contributed by atoms with E-state index >= 15 is 0 Å². The highest BCUT2D eigenvalue weighted by atomic mass is 35.5. The van der Waals surface area contributed by atoms with Gasteiger partial charge in [-0.3, -0.25) is 14.4 Å². The number of rotatable bonds is 4. The minimum atomic E-state index is -0.675. The fourth-order valence-corrected chi connectivity index (χ4v) is 1.99. The van der Waals surface area contributed by atoms with E-state index in [9.17, 15) is 14.4 Å². The SMILES string of the molecule is CNC(=O)C1CCCN1C(=O)CNC(=O)C(C)Cl. The standard InChI is InChI=1S/C11H18ClN3O3/c1-7(12)10(17)14-6-9(16)15-5-3-4-8(15)11(18)13-2/h7-8H,3-6H2,1-2H3,(H,13,18)(H,14,17). The maximum atomic E-state index is 11.9. The third kappa shape index (κ3) is 3.60. The predicted octanol–water partition coefficient (Wildman–Crippen LogP) is -0.533. The summed E-state index contributed by atoms with van der Waals surface area (Å²) >= 11 is 5.57. The van der Waals surface area contributed by atoms with Crippen molar-refractivity contribution in [2.75, 3.05) is 20.1 Å². The zero-order valence-corrected chi connectivity index (χ0v) is 11.3. The molecule has 102 valence electrons. The fourth-order valence-electron chi connectivity index (χ4n) is 1.91. The van der Waals surface area contributed by atoms with Gasteiger partial charge in [0.25, 0.3) is 0 Å². The number of alkyl halides is 1. The first-order valence-electron chi connectivity index (χ1n) is 5.90. The second-order valence-corrected chi connectivity index (χ2v) is 4.85. The molecule has 1 heterocycles. The molecular formula is C11H18ClN3O3. The average molecular weight is 276 g/mol. The molecule has 2 atom stereocenters. The molecule has 0 spiro atoms. The summed E-state index contributed by atoms with van der Waals surface area (Å²) in [4.78, 5) is 36.2. The molecule has 0 saturated carbocycles. The van der Waals surface area contributed by atoms with E-state index in [4.69, 9.17) is 11.6 Å². The lowest BCUT2D eigenvalue weighted by Gasteiger charge is -2.23. The summed E-state index contributed by atoms with van der Waals surface area (Å²) in [5, 5.41) is 4.30. The Bertz CT molecular complexity index is 346. The molecule has 1 aliphatic rings. The van der Waals surface area contributed by atoms with Gasteiger partial charge in [-0.1, -0.05) is 0 Å². The van der Waals surface area contributed by atoms with Gasteiger partial charge >= 0.3 is 0 Å². The van der Waals surface area contributed by atoms with Gasteiger partial charge in [0.15, 0.2) is 0 Å². The highest BCUT2D eigenvalue weighted by Crippen LogP contribution is 2.17. The second kappa shape index (κ2) is 6.58. The van der Waals surface area contributed by atoms with Crippen molar-refractivity contribution in [3.63, 3.8) is 0 Å². The highest BCUT2D eigenvalue weighted by Gasteiger charge is 2.33. The number of hydrogen-bond acceptors (Lipinski definition) is 3. The Balaban J connectivity index is 2.50. The fraction of sp³-hybridized carbons (Fsp3) is 0.727. The summed E-state index contributed by atoms with van der Waals surface area (Å²) in [7, 11) is 1.54. The molecule has 1 aliphatic heterocycles. The third-order valence-corrected chi connectivity index (χ3v) is 3.10. The summed E-state index contributed by atoms with van der Waals surface area (Å²) in [6, 6.07) is -0.423. The zero-order valence-electron chi connectivity index (χ0n) is 10.5. The Morgan fingerprint density at radius 2 is 2.11 bits per heavy atom. The van der Waals surface area contributed by atoms with Crippen LogP contribution in [-0.4, -0.2) is 54.2 Å². The summed E-state index contributed by atoms with van der Waals surface area (Å²) in [5.74, 6) is -0.814. The molecule has 0 aliphatic carbocycles. The summed E-state index contributed by atoms with van der Waals surface area (Å²) < 4.78 is 0. The first-order valence-corrected chi connectivity index (χ1v) is 6.34. The number of carbonyl (C=O) groups is 3. The van der Waals surface area contributed by atoms with E-state index in [-0.39, 0.29) is 24.3 Å². The van der Waals surface area contributed by atoms with Crippen LogP contribution in [0.5, 0.6) is 0 Å². The Morgan fingerprint density at radius 3 is 2.67 bits per heavy atom. The lowest BCUT2D eigenvalue weighted by atomic mass is 10.2. The van der Waals surface area contributed by atoms with Crippen molar-refractivity contribution >= 4 is 29.3 Å². The largest absolute Gasteiger partial charge is 0.357 e.